The number of carboxylic acid groups (broad SMARTS) is 1. The van der Waals surface area contributed by atoms with Crippen molar-refractivity contribution in [1.29, 1.82) is 0 Å². The van der Waals surface area contributed by atoms with Gasteiger partial charge >= 0.3 is 5.97 Å². The maximum absolute atomic E-state index is 13.9. The average molecular weight is 676 g/mol. The van der Waals surface area contributed by atoms with E-state index >= 15 is 0 Å². The minimum Gasteiger partial charge on any atom is -0.480 e. The lowest BCUT2D eigenvalue weighted by Gasteiger charge is -2.28. The molecular weight excluding hydrogens is 622 g/mol. The molecule has 3 aromatic rings. The predicted octanol–water partition coefficient (Wildman–Crippen LogP) is 4.38. The van der Waals surface area contributed by atoms with Gasteiger partial charge in [-0.3, -0.25) is 14.4 Å². The van der Waals surface area contributed by atoms with E-state index in [0.29, 0.717) is 12.8 Å². The highest BCUT2D eigenvalue weighted by Crippen LogP contribution is 2.20. The highest BCUT2D eigenvalue weighted by molar-refractivity contribution is 5.88. The van der Waals surface area contributed by atoms with Crippen LogP contribution in [0.4, 0.5) is 0 Å². The second-order valence-electron chi connectivity index (χ2n) is 13.5. The molecule has 1 aromatic heterocycles. The molecule has 1 heterocycles. The molecule has 3 rings (SSSR count). The van der Waals surface area contributed by atoms with E-state index < -0.39 is 48.4 Å². The minimum atomic E-state index is -1.28. The Morgan fingerprint density at radius 2 is 1.41 bits per heavy atom. The zero-order valence-electron chi connectivity index (χ0n) is 29.4. The van der Waals surface area contributed by atoms with Crippen LogP contribution in [0.25, 0.3) is 5.69 Å². The first-order valence-electron chi connectivity index (χ1n) is 17.3. The maximum Gasteiger partial charge on any atom is 0.326 e. The Labute approximate surface area is 289 Å². The third kappa shape index (κ3) is 12.8. The smallest absolute Gasteiger partial charge is 0.326 e. The summed E-state index contributed by atoms with van der Waals surface area (Å²) in [7, 11) is 0. The Morgan fingerprint density at radius 1 is 0.796 bits per heavy atom. The summed E-state index contributed by atoms with van der Waals surface area (Å²) < 4.78 is 2.03. The largest absolute Gasteiger partial charge is 0.480 e. The van der Waals surface area contributed by atoms with Gasteiger partial charge in [-0.15, -0.1) is 0 Å². The normalized spacial score (nSPS) is 13.8. The molecule has 0 fully saturated rings. The quantitative estimate of drug-likeness (QED) is 0.119. The van der Waals surface area contributed by atoms with Gasteiger partial charge in [-0.2, -0.15) is 0 Å². The standard InChI is InChI=1S/C38H53N5O6/c1-6-35(45)40-31(37(47)42-30(20-25(2)3)33(44)23-36(46)41-32(38(48)49)21-26(4)5)22-29-24-39-34(43(29)28-17-11-8-12-18-28)19-13-16-27-14-9-7-10-15-27/h7-12,14-15,17-18,24-26,30-33,44H,6,13,16,19-23H2,1-5H3,(H,40,45)(H,41,46)(H,42,47)(H,48,49)/t30-,31-,32-,33-/m0/s1. The number of benzene rings is 2. The number of carboxylic acids is 1. The number of aliphatic hydroxyl groups excluding tert-OH is 1. The molecule has 49 heavy (non-hydrogen) atoms. The van der Waals surface area contributed by atoms with Gasteiger partial charge in [-0.25, -0.2) is 9.78 Å². The van der Waals surface area contributed by atoms with Crippen LogP contribution in [0.3, 0.4) is 0 Å². The van der Waals surface area contributed by atoms with Crippen LogP contribution in [0, 0.1) is 11.8 Å². The van der Waals surface area contributed by atoms with E-state index in [1.54, 1.807) is 13.1 Å². The average Bonchev–Trinajstić information content (AvgIpc) is 3.46. The molecule has 0 saturated carbocycles. The summed E-state index contributed by atoms with van der Waals surface area (Å²) in [5.41, 5.74) is 2.87. The first kappa shape index (κ1) is 38.9. The molecule has 0 bridgehead atoms. The van der Waals surface area contributed by atoms with Crippen molar-refractivity contribution in [2.75, 3.05) is 0 Å². The fraction of sp³-hybridized carbons (Fsp3) is 0.500. The molecule has 0 spiro atoms. The summed E-state index contributed by atoms with van der Waals surface area (Å²) in [4.78, 5) is 55.8. The van der Waals surface area contributed by atoms with E-state index in [2.05, 4.69) is 28.1 Å². The molecule has 266 valence electrons. The Morgan fingerprint density at radius 3 is 2.00 bits per heavy atom. The molecular formula is C38H53N5O6. The van der Waals surface area contributed by atoms with Gasteiger partial charge in [0, 0.05) is 36.8 Å². The van der Waals surface area contributed by atoms with Crippen LogP contribution in [0.2, 0.25) is 0 Å². The van der Waals surface area contributed by atoms with E-state index in [1.807, 2.05) is 80.8 Å². The highest BCUT2D eigenvalue weighted by Gasteiger charge is 2.31. The van der Waals surface area contributed by atoms with E-state index in [-0.39, 0.29) is 37.0 Å². The van der Waals surface area contributed by atoms with Crippen molar-refractivity contribution in [1.82, 2.24) is 25.5 Å². The summed E-state index contributed by atoms with van der Waals surface area (Å²) in [5.74, 6) is -1.64. The lowest BCUT2D eigenvalue weighted by atomic mass is 9.96. The van der Waals surface area contributed by atoms with Gasteiger partial charge in [-0.05, 0) is 55.2 Å². The van der Waals surface area contributed by atoms with E-state index in [0.717, 1.165) is 30.0 Å². The van der Waals surface area contributed by atoms with Crippen molar-refractivity contribution < 1.29 is 29.4 Å². The molecule has 11 nitrogen and oxygen atoms in total. The number of aliphatic hydroxyl groups is 1. The van der Waals surface area contributed by atoms with Gasteiger partial charge in [0.25, 0.3) is 0 Å². The van der Waals surface area contributed by atoms with Crippen molar-refractivity contribution in [3.63, 3.8) is 0 Å². The SMILES string of the molecule is CCC(=O)N[C@@H](Cc1cnc(CCCc2ccccc2)n1-c1ccccc1)C(=O)N[C@@H](CC(C)C)[C@@H](O)CC(=O)N[C@@H](CC(C)C)C(=O)O. The van der Waals surface area contributed by atoms with Gasteiger partial charge in [0.15, 0.2) is 0 Å². The van der Waals surface area contributed by atoms with Crippen LogP contribution in [0.15, 0.2) is 66.9 Å². The second kappa shape index (κ2) is 19.5. The highest BCUT2D eigenvalue weighted by atomic mass is 16.4. The van der Waals surface area contributed by atoms with Crippen molar-refractivity contribution in [3.05, 3.63) is 83.9 Å². The molecule has 4 atom stereocenters. The number of carbonyl (C=O) groups excluding carboxylic acids is 3. The third-order valence-corrected chi connectivity index (χ3v) is 8.27. The van der Waals surface area contributed by atoms with Gasteiger partial charge in [0.1, 0.15) is 17.9 Å². The minimum absolute atomic E-state index is 0.0399. The fourth-order valence-electron chi connectivity index (χ4n) is 5.83. The molecule has 0 aliphatic heterocycles. The lowest BCUT2D eigenvalue weighted by Crippen LogP contribution is -2.54. The number of aliphatic carboxylic acids is 1. The first-order valence-corrected chi connectivity index (χ1v) is 17.3. The Balaban J connectivity index is 1.82. The number of carbonyl (C=O) groups is 4. The number of aromatic nitrogens is 2. The summed E-state index contributed by atoms with van der Waals surface area (Å²) in [6.45, 7) is 9.29. The van der Waals surface area contributed by atoms with Crippen LogP contribution >= 0.6 is 0 Å². The Bertz CT molecular complexity index is 1490. The van der Waals surface area contributed by atoms with Gasteiger partial charge in [0.2, 0.25) is 17.7 Å². The number of nitrogens with zero attached hydrogens (tertiary/aromatic N) is 2. The number of rotatable bonds is 20. The molecule has 11 heteroatoms. The number of amides is 3. The van der Waals surface area contributed by atoms with Crippen molar-refractivity contribution in [2.45, 2.75) is 110 Å². The second-order valence-corrected chi connectivity index (χ2v) is 13.5. The zero-order chi connectivity index (χ0) is 35.9. The topological polar surface area (TPSA) is 163 Å². The van der Waals surface area contributed by atoms with Crippen molar-refractivity contribution in [3.8, 4) is 5.69 Å². The molecule has 0 aliphatic carbocycles. The van der Waals surface area contributed by atoms with Crippen LogP contribution in [0.5, 0.6) is 0 Å². The number of hydrogen-bond donors (Lipinski definition) is 5. The molecule has 0 unspecified atom stereocenters. The van der Waals surface area contributed by atoms with Gasteiger partial charge in [0.05, 0.1) is 18.6 Å². The summed E-state index contributed by atoms with van der Waals surface area (Å²) in [5, 5.41) is 28.9. The lowest BCUT2D eigenvalue weighted by molar-refractivity contribution is -0.142. The Kier molecular flexibility index (Phi) is 15.5. The van der Waals surface area contributed by atoms with E-state index in [1.165, 1.54) is 5.56 Å². The Hall–Kier alpha value is -4.51. The number of hydrogen-bond acceptors (Lipinski definition) is 6. The zero-order valence-corrected chi connectivity index (χ0v) is 29.4. The maximum atomic E-state index is 13.9. The molecule has 5 N–H and O–H groups in total. The van der Waals surface area contributed by atoms with Crippen molar-refractivity contribution >= 4 is 23.7 Å². The third-order valence-electron chi connectivity index (χ3n) is 8.27. The molecule has 3 amide bonds. The first-order chi connectivity index (χ1) is 23.4. The van der Waals surface area contributed by atoms with Crippen molar-refractivity contribution in [2.24, 2.45) is 11.8 Å². The number of imidazole rings is 1. The summed E-state index contributed by atoms with van der Waals surface area (Å²) in [6, 6.07) is 17.1. The summed E-state index contributed by atoms with van der Waals surface area (Å²) in [6.07, 6.45) is 3.44. The summed E-state index contributed by atoms with van der Waals surface area (Å²) >= 11 is 0. The van der Waals surface area contributed by atoms with Crippen LogP contribution in [-0.4, -0.2) is 67.7 Å². The molecule has 0 radical (unpaired) electrons. The predicted molar refractivity (Wildman–Crippen MR) is 189 cm³/mol. The van der Waals surface area contributed by atoms with Gasteiger partial charge in [-0.1, -0.05) is 83.1 Å². The molecule has 0 saturated heterocycles. The molecule has 0 aliphatic rings. The van der Waals surface area contributed by atoms with Gasteiger partial charge < -0.3 is 30.7 Å². The van der Waals surface area contributed by atoms with Crippen LogP contribution in [0.1, 0.15) is 83.8 Å². The van der Waals surface area contributed by atoms with E-state index in [9.17, 15) is 29.4 Å². The van der Waals surface area contributed by atoms with E-state index in [4.69, 9.17) is 4.98 Å². The molecule has 2 aromatic carbocycles. The number of nitrogens with one attached hydrogen (secondary N) is 3. The number of para-hydroxylation sites is 1. The van der Waals surface area contributed by atoms with Crippen LogP contribution in [-0.2, 0) is 38.4 Å². The fourth-order valence-corrected chi connectivity index (χ4v) is 5.83. The monoisotopic (exact) mass is 675 g/mol. The number of aryl methyl sites for hydroxylation is 2. The van der Waals surface area contributed by atoms with Crippen LogP contribution < -0.4 is 16.0 Å².